The van der Waals surface area contributed by atoms with Gasteiger partial charge in [-0.15, -0.1) is 0 Å². The quantitative estimate of drug-likeness (QED) is 0.347. The van der Waals surface area contributed by atoms with Crippen molar-refractivity contribution in [3.63, 3.8) is 0 Å². The Kier molecular flexibility index (Phi) is 8.00. The molecule has 3 rings (SSSR count). The van der Waals surface area contributed by atoms with E-state index in [0.717, 1.165) is 34.2 Å². The van der Waals surface area contributed by atoms with Crippen LogP contribution in [0.4, 0.5) is 0 Å². The summed E-state index contributed by atoms with van der Waals surface area (Å²) in [6.07, 6.45) is 1.40. The van der Waals surface area contributed by atoms with E-state index in [1.54, 1.807) is 12.1 Å². The van der Waals surface area contributed by atoms with Crippen LogP contribution in [0.25, 0.3) is 5.57 Å². The van der Waals surface area contributed by atoms with Gasteiger partial charge in [-0.1, -0.05) is 67.0 Å². The molecule has 3 aromatic rings. The molecular formula is C27H26Cl2O3. The SMILES string of the molecule is C=C(CCOc1ccc(CC(C)c2ccc(C(=O)O)cc2)c(Cl)c1)c1c(C)cccc1Cl. The number of rotatable bonds is 9. The van der Waals surface area contributed by atoms with Crippen LogP contribution in [0.1, 0.15) is 51.9 Å². The lowest BCUT2D eigenvalue weighted by atomic mass is 9.93. The lowest BCUT2D eigenvalue weighted by molar-refractivity contribution is 0.0697. The summed E-state index contributed by atoms with van der Waals surface area (Å²) in [6.45, 7) is 8.76. The van der Waals surface area contributed by atoms with Gasteiger partial charge in [-0.25, -0.2) is 4.79 Å². The fourth-order valence-corrected chi connectivity index (χ4v) is 4.29. The van der Waals surface area contributed by atoms with E-state index in [-0.39, 0.29) is 11.5 Å². The third kappa shape index (κ3) is 5.93. The molecule has 0 amide bonds. The second-order valence-corrected chi connectivity index (χ2v) is 8.73. The van der Waals surface area contributed by atoms with Crippen LogP contribution in [-0.4, -0.2) is 17.7 Å². The van der Waals surface area contributed by atoms with E-state index in [2.05, 4.69) is 13.5 Å². The van der Waals surface area contributed by atoms with Gasteiger partial charge in [-0.3, -0.25) is 0 Å². The highest BCUT2D eigenvalue weighted by atomic mass is 35.5. The van der Waals surface area contributed by atoms with Gasteiger partial charge >= 0.3 is 5.97 Å². The zero-order valence-corrected chi connectivity index (χ0v) is 19.7. The summed E-state index contributed by atoms with van der Waals surface area (Å²) in [5.41, 5.74) is 5.40. The first-order valence-electron chi connectivity index (χ1n) is 10.4. The third-order valence-corrected chi connectivity index (χ3v) is 6.19. The molecule has 5 heteroatoms. The summed E-state index contributed by atoms with van der Waals surface area (Å²) in [7, 11) is 0. The van der Waals surface area contributed by atoms with Crippen LogP contribution >= 0.6 is 23.2 Å². The topological polar surface area (TPSA) is 46.5 Å². The second-order valence-electron chi connectivity index (χ2n) is 7.92. The first kappa shape index (κ1) is 23.9. The second kappa shape index (κ2) is 10.7. The van der Waals surface area contributed by atoms with E-state index < -0.39 is 5.97 Å². The fraction of sp³-hybridized carbons (Fsp3) is 0.222. The first-order chi connectivity index (χ1) is 15.3. The molecule has 0 saturated heterocycles. The third-order valence-electron chi connectivity index (χ3n) is 5.53. The highest BCUT2D eigenvalue weighted by Crippen LogP contribution is 2.30. The number of carboxylic acids is 1. The molecule has 1 atom stereocenters. The van der Waals surface area contributed by atoms with Crippen LogP contribution in [0.2, 0.25) is 10.0 Å². The van der Waals surface area contributed by atoms with Crippen molar-refractivity contribution in [1.29, 1.82) is 0 Å². The van der Waals surface area contributed by atoms with Crippen molar-refractivity contribution < 1.29 is 14.6 Å². The Bertz CT molecular complexity index is 1100. The summed E-state index contributed by atoms with van der Waals surface area (Å²) in [5, 5.41) is 10.4. The zero-order chi connectivity index (χ0) is 23.3. The van der Waals surface area contributed by atoms with Gasteiger partial charge in [-0.2, -0.15) is 0 Å². The van der Waals surface area contributed by atoms with Gasteiger partial charge in [0.1, 0.15) is 5.75 Å². The van der Waals surface area contributed by atoms with Crippen molar-refractivity contribution in [2.75, 3.05) is 6.61 Å². The monoisotopic (exact) mass is 468 g/mol. The molecule has 3 nitrogen and oxygen atoms in total. The van der Waals surface area contributed by atoms with Crippen LogP contribution in [-0.2, 0) is 6.42 Å². The molecule has 0 heterocycles. The van der Waals surface area contributed by atoms with Gasteiger partial charge in [0.15, 0.2) is 0 Å². The molecule has 0 aromatic heterocycles. The maximum atomic E-state index is 11.0. The molecule has 0 aliphatic rings. The van der Waals surface area contributed by atoms with E-state index in [4.69, 9.17) is 33.0 Å². The first-order valence-corrected chi connectivity index (χ1v) is 11.2. The number of aryl methyl sites for hydroxylation is 1. The molecule has 0 bridgehead atoms. The van der Waals surface area contributed by atoms with Crippen molar-refractivity contribution in [3.05, 3.63) is 105 Å². The molecule has 0 fully saturated rings. The number of halogens is 2. The number of carboxylic acid groups (broad SMARTS) is 1. The van der Waals surface area contributed by atoms with Crippen molar-refractivity contribution >= 4 is 34.7 Å². The molecule has 0 saturated carbocycles. The van der Waals surface area contributed by atoms with Crippen LogP contribution in [0, 0.1) is 6.92 Å². The van der Waals surface area contributed by atoms with E-state index in [9.17, 15) is 4.79 Å². The Labute approximate surface area is 199 Å². The zero-order valence-electron chi connectivity index (χ0n) is 18.2. The Morgan fingerprint density at radius 1 is 1.06 bits per heavy atom. The maximum absolute atomic E-state index is 11.0. The van der Waals surface area contributed by atoms with E-state index >= 15 is 0 Å². The largest absolute Gasteiger partial charge is 0.493 e. The molecule has 166 valence electrons. The van der Waals surface area contributed by atoms with E-state index in [0.29, 0.717) is 28.8 Å². The average molecular weight is 469 g/mol. The Balaban J connectivity index is 1.57. The van der Waals surface area contributed by atoms with Gasteiger partial charge in [0.25, 0.3) is 0 Å². The van der Waals surface area contributed by atoms with Crippen LogP contribution in [0.3, 0.4) is 0 Å². The standard InChI is InChI=1S/C27H26Cl2O3/c1-17-5-4-6-24(28)26(17)18(2)13-14-32-23-12-11-22(25(29)16-23)15-19(3)20-7-9-21(10-8-20)27(30)31/h4-12,16,19H,2,13-15H2,1,3H3,(H,30,31). The molecule has 0 aliphatic heterocycles. The molecular weight excluding hydrogens is 443 g/mol. The lowest BCUT2D eigenvalue weighted by Gasteiger charge is -2.15. The summed E-state index contributed by atoms with van der Waals surface area (Å²) >= 11 is 12.8. The summed E-state index contributed by atoms with van der Waals surface area (Å²) in [6, 6.07) is 18.5. The van der Waals surface area contributed by atoms with Crippen LogP contribution in [0.15, 0.2) is 67.2 Å². The van der Waals surface area contributed by atoms with E-state index in [1.807, 2.05) is 55.5 Å². The van der Waals surface area contributed by atoms with Crippen molar-refractivity contribution in [2.24, 2.45) is 0 Å². The number of benzene rings is 3. The number of hydrogen-bond donors (Lipinski definition) is 1. The number of aromatic carboxylic acids is 1. The molecule has 32 heavy (non-hydrogen) atoms. The smallest absolute Gasteiger partial charge is 0.335 e. The van der Waals surface area contributed by atoms with Crippen molar-refractivity contribution in [2.45, 2.75) is 32.6 Å². The fourth-order valence-electron chi connectivity index (χ4n) is 3.68. The highest BCUT2D eigenvalue weighted by molar-refractivity contribution is 6.32. The van der Waals surface area contributed by atoms with Gasteiger partial charge in [0.05, 0.1) is 12.2 Å². The van der Waals surface area contributed by atoms with Gasteiger partial charge in [-0.05, 0) is 77.4 Å². The Morgan fingerprint density at radius 3 is 2.41 bits per heavy atom. The average Bonchev–Trinajstić information content (AvgIpc) is 2.75. The molecule has 1 N–H and O–H groups in total. The molecule has 0 radical (unpaired) electrons. The minimum Gasteiger partial charge on any atom is -0.493 e. The normalized spacial score (nSPS) is 11.8. The predicted molar refractivity (Wildman–Crippen MR) is 132 cm³/mol. The van der Waals surface area contributed by atoms with Crippen LogP contribution in [0.5, 0.6) is 5.75 Å². The van der Waals surface area contributed by atoms with Gasteiger partial charge in [0, 0.05) is 16.5 Å². The van der Waals surface area contributed by atoms with Gasteiger partial charge in [0.2, 0.25) is 0 Å². The maximum Gasteiger partial charge on any atom is 0.335 e. The van der Waals surface area contributed by atoms with Crippen molar-refractivity contribution in [1.82, 2.24) is 0 Å². The van der Waals surface area contributed by atoms with Crippen LogP contribution < -0.4 is 4.74 Å². The highest BCUT2D eigenvalue weighted by Gasteiger charge is 2.12. The predicted octanol–water partition coefficient (Wildman–Crippen LogP) is 7.83. The summed E-state index contributed by atoms with van der Waals surface area (Å²) < 4.78 is 5.89. The molecule has 3 aromatic carbocycles. The summed E-state index contributed by atoms with van der Waals surface area (Å²) in [5.74, 6) is -0.0152. The number of carbonyl (C=O) groups is 1. The number of hydrogen-bond acceptors (Lipinski definition) is 2. The van der Waals surface area contributed by atoms with Gasteiger partial charge < -0.3 is 9.84 Å². The Morgan fingerprint density at radius 2 is 1.78 bits per heavy atom. The Hall–Kier alpha value is -2.75. The minimum absolute atomic E-state index is 0.198. The molecule has 0 aliphatic carbocycles. The summed E-state index contributed by atoms with van der Waals surface area (Å²) in [4.78, 5) is 11.0. The number of ether oxygens (including phenoxy) is 1. The lowest BCUT2D eigenvalue weighted by Crippen LogP contribution is -2.02. The molecule has 0 spiro atoms. The minimum atomic E-state index is -0.923. The molecule has 1 unspecified atom stereocenters. The van der Waals surface area contributed by atoms with Crippen molar-refractivity contribution in [3.8, 4) is 5.75 Å². The van der Waals surface area contributed by atoms with E-state index in [1.165, 1.54) is 0 Å².